The normalized spacial score (nSPS) is 23.3. The van der Waals surface area contributed by atoms with E-state index in [1.807, 2.05) is 11.4 Å². The van der Waals surface area contributed by atoms with Crippen molar-refractivity contribution in [3.05, 3.63) is 43.8 Å². The predicted molar refractivity (Wildman–Crippen MR) is 136 cm³/mol. The monoisotopic (exact) mass is 578 g/mol. The van der Waals surface area contributed by atoms with Crippen molar-refractivity contribution in [1.29, 1.82) is 0 Å². The molecule has 5 nitrogen and oxygen atoms in total. The van der Waals surface area contributed by atoms with Crippen LogP contribution in [-0.4, -0.2) is 50.2 Å². The van der Waals surface area contributed by atoms with Crippen molar-refractivity contribution in [3.63, 3.8) is 0 Å². The van der Waals surface area contributed by atoms with Gasteiger partial charge in [-0.2, -0.15) is 0 Å². The molecule has 2 atom stereocenters. The number of alkyl halides is 1. The lowest BCUT2D eigenvalue weighted by molar-refractivity contribution is 0.0451. The lowest BCUT2D eigenvalue weighted by atomic mass is 9.88. The van der Waals surface area contributed by atoms with Gasteiger partial charge in [0, 0.05) is 43.9 Å². The Balaban J connectivity index is 0.000000288. The molecule has 10 heteroatoms. The van der Waals surface area contributed by atoms with Gasteiger partial charge in [0.15, 0.2) is 0 Å². The second-order valence-corrected chi connectivity index (χ2v) is 8.28. The Bertz CT molecular complexity index is 866. The molecule has 4 rings (SSSR count). The summed E-state index contributed by atoms with van der Waals surface area (Å²) < 4.78 is 51.2. The highest BCUT2D eigenvalue weighted by molar-refractivity contribution is 14.1. The van der Waals surface area contributed by atoms with Crippen LogP contribution in [0.15, 0.2) is 22.9 Å². The van der Waals surface area contributed by atoms with Gasteiger partial charge in [0.05, 0.1) is 25.4 Å². The van der Waals surface area contributed by atoms with Gasteiger partial charge in [0.25, 0.3) is 0 Å². The van der Waals surface area contributed by atoms with E-state index in [1.54, 1.807) is 29.5 Å². The van der Waals surface area contributed by atoms with Crippen LogP contribution in [0.2, 0.25) is 6.82 Å². The van der Waals surface area contributed by atoms with E-state index >= 15 is 0 Å². The first-order valence-electron chi connectivity index (χ1n) is 12.0. The predicted octanol–water partition coefficient (Wildman–Crippen LogP) is 4.12. The molecule has 0 saturated carbocycles. The summed E-state index contributed by atoms with van der Waals surface area (Å²) in [6.45, 7) is 2.14. The van der Waals surface area contributed by atoms with E-state index in [9.17, 15) is 0 Å². The first-order chi connectivity index (χ1) is 15.8. The van der Waals surface area contributed by atoms with Crippen LogP contribution in [0, 0.1) is 0 Å². The maximum Gasteiger partial charge on any atom is 0.373 e. The molecule has 0 fully saturated rings. The Morgan fingerprint density at radius 1 is 1.14 bits per heavy atom. The third-order valence-electron chi connectivity index (χ3n) is 4.44. The minimum absolute atomic E-state index is 0. The van der Waals surface area contributed by atoms with Crippen molar-refractivity contribution >= 4 is 64.7 Å². The number of fused-ring (bicyclic) bond motifs is 2. The summed E-state index contributed by atoms with van der Waals surface area (Å²) in [7, 11) is -0.470. The number of hydrogen-bond donors (Lipinski definition) is 3. The van der Waals surface area contributed by atoms with E-state index < -0.39 is 18.9 Å². The zero-order valence-electron chi connectivity index (χ0n) is 22.2. The largest absolute Gasteiger partial charge is 0.437 e. The Labute approximate surface area is 211 Å². The van der Waals surface area contributed by atoms with E-state index in [1.165, 1.54) is 37.9 Å². The number of thiophene rings is 2. The molecule has 4 heterocycles. The number of hydrogen-bond acceptors (Lipinski definition) is 7. The number of rotatable bonds is 5. The van der Waals surface area contributed by atoms with E-state index in [2.05, 4.69) is 22.0 Å². The maximum absolute atomic E-state index is 9.12. The topological polar surface area (TPSA) is 62.8 Å². The fourth-order valence-electron chi connectivity index (χ4n) is 3.16. The second kappa shape index (κ2) is 15.1. The Hall–Kier alpha value is 0.285. The van der Waals surface area contributed by atoms with Crippen LogP contribution >= 0.6 is 57.7 Å². The fraction of sp³-hybridized carbons (Fsp3) is 0.579. The minimum Gasteiger partial charge on any atom is -0.437 e. The summed E-state index contributed by atoms with van der Waals surface area (Å²) >= 11 is 4.88. The summed E-state index contributed by atoms with van der Waals surface area (Å²) in [5.41, 5.74) is 2.43. The van der Waals surface area contributed by atoms with Gasteiger partial charge in [0.1, 0.15) is 0 Å². The molecule has 0 spiro atoms. The van der Waals surface area contributed by atoms with Crippen molar-refractivity contribution in [2.45, 2.75) is 31.9 Å². The summed E-state index contributed by atoms with van der Waals surface area (Å²) in [6.07, 6.45) is 1.97. The van der Waals surface area contributed by atoms with Crippen molar-refractivity contribution in [2.75, 3.05) is 38.1 Å². The molecular formula is C19H31BClIN2O3S2. The van der Waals surface area contributed by atoms with Gasteiger partial charge < -0.3 is 25.0 Å². The van der Waals surface area contributed by atoms with Gasteiger partial charge in [-0.05, 0) is 52.7 Å². The van der Waals surface area contributed by atoms with E-state index in [-0.39, 0.29) is 24.6 Å². The molecule has 2 aromatic heterocycles. The first-order valence-corrected chi connectivity index (χ1v) is 11.9. The molecule has 2 unspecified atom stereocenters. The zero-order valence-corrected chi connectivity index (χ0v) is 20.8. The van der Waals surface area contributed by atoms with Crippen LogP contribution in [0.3, 0.4) is 0 Å². The lowest BCUT2D eigenvalue weighted by Crippen LogP contribution is -2.36. The van der Waals surface area contributed by atoms with Crippen molar-refractivity contribution < 1.29 is 22.7 Å². The van der Waals surface area contributed by atoms with Gasteiger partial charge >= 0.3 is 7.05 Å². The molecule has 2 aromatic rings. The summed E-state index contributed by atoms with van der Waals surface area (Å²) in [4.78, 5) is 0.963. The third kappa shape index (κ3) is 8.38. The smallest absolute Gasteiger partial charge is 0.373 e. The standard InChI is InChI=1S/C9H14BNO2S.C9H13NOS.CH3I.ClH/c1-10(12)11-6-8-7-3-5-14-9(7)2-4-13-8;1-10-6-8-7-3-5-12-9(7)2-4-11-8;1-2;/h3,5,8,11-12H,2,4,6H2,1H3;3,5,8,10H,2,4,6H2,1H3;1H3;1H/i;2*1D3;. The average molecular weight is 579 g/mol. The average Bonchev–Trinajstić information content (AvgIpc) is 3.38. The van der Waals surface area contributed by atoms with Crippen molar-refractivity contribution in [3.8, 4) is 0 Å². The molecule has 0 saturated heterocycles. The molecule has 0 amide bonds. The summed E-state index contributed by atoms with van der Waals surface area (Å²) in [6, 6.07) is 4.14. The molecule has 29 heavy (non-hydrogen) atoms. The van der Waals surface area contributed by atoms with Gasteiger partial charge in [-0.1, -0.05) is 22.6 Å². The number of ether oxygens (including phenoxy) is 2. The molecule has 0 aliphatic carbocycles. The van der Waals surface area contributed by atoms with Crippen LogP contribution in [0.1, 0.15) is 41.3 Å². The van der Waals surface area contributed by atoms with Crippen LogP contribution in [0.4, 0.5) is 0 Å². The molecule has 3 N–H and O–H groups in total. The number of likely N-dealkylation sites (N-methyl/N-ethyl adjacent to an activating group) is 1. The molecule has 2 aliphatic heterocycles. The molecule has 0 aromatic carbocycles. The van der Waals surface area contributed by atoms with Gasteiger partial charge in [-0.25, -0.2) is 0 Å². The zero-order chi connectivity index (χ0) is 25.4. The van der Waals surface area contributed by atoms with Crippen LogP contribution < -0.4 is 10.5 Å². The molecule has 0 bridgehead atoms. The second-order valence-electron chi connectivity index (χ2n) is 6.28. The highest BCUT2D eigenvalue weighted by atomic mass is 127. The summed E-state index contributed by atoms with van der Waals surface area (Å²) in [5.74, 6) is 0. The molecule has 2 aliphatic rings. The van der Waals surface area contributed by atoms with Crippen LogP contribution in [0.25, 0.3) is 0 Å². The molecule has 164 valence electrons. The third-order valence-corrected chi connectivity index (χ3v) is 6.43. The maximum atomic E-state index is 9.12. The van der Waals surface area contributed by atoms with Gasteiger partial charge in [-0.15, -0.1) is 35.1 Å². The SMILES string of the molecule is CB(O)NCC1OCCc2sccc21.Cl.[2H]C([2H])([2H])I.[2H]C([2H])([2H])NCC1OCCc2sccc21. The fourth-order valence-corrected chi connectivity index (χ4v) is 4.99. The number of nitrogens with one attached hydrogen (secondary N) is 2. The summed E-state index contributed by atoms with van der Waals surface area (Å²) in [5, 5.41) is 18.7. The minimum atomic E-state index is -2.09. The van der Waals surface area contributed by atoms with Crippen molar-refractivity contribution in [1.82, 2.24) is 10.5 Å². The van der Waals surface area contributed by atoms with Gasteiger partial charge in [-0.3, -0.25) is 0 Å². The molecular weight excluding hydrogens is 542 g/mol. The van der Waals surface area contributed by atoms with Crippen LogP contribution in [0.5, 0.6) is 0 Å². The van der Waals surface area contributed by atoms with E-state index in [0.29, 0.717) is 19.7 Å². The van der Waals surface area contributed by atoms with E-state index in [4.69, 9.17) is 22.7 Å². The molecule has 0 radical (unpaired) electrons. The highest BCUT2D eigenvalue weighted by Crippen LogP contribution is 2.31. The highest BCUT2D eigenvalue weighted by Gasteiger charge is 2.22. The quantitative estimate of drug-likeness (QED) is 0.283. The number of halogens is 2. The Kier molecular flexibility index (Phi) is 9.83. The van der Waals surface area contributed by atoms with Crippen molar-refractivity contribution in [2.24, 2.45) is 0 Å². The van der Waals surface area contributed by atoms with Gasteiger partial charge in [0.2, 0.25) is 0 Å². The van der Waals surface area contributed by atoms with Crippen LogP contribution in [-0.2, 0) is 22.3 Å². The Morgan fingerprint density at radius 3 is 2.14 bits per heavy atom. The Morgan fingerprint density at radius 2 is 1.66 bits per heavy atom. The first kappa shape index (κ1) is 18.8. The van der Waals surface area contributed by atoms with E-state index in [0.717, 1.165) is 25.0 Å². The lowest BCUT2D eigenvalue weighted by Gasteiger charge is -2.23.